The minimum atomic E-state index is 0. The maximum Gasteiger partial charge on any atom is 2.00 e. The van der Waals surface area contributed by atoms with E-state index < -0.39 is 0 Å². The molecular weight excluding hydrogens is 731 g/mol. The third-order valence-corrected chi connectivity index (χ3v) is 9.78. The van der Waals surface area contributed by atoms with E-state index in [0.717, 1.165) is 51.0 Å². The molecule has 0 spiro atoms. The van der Waals surface area contributed by atoms with E-state index >= 15 is 0 Å². The number of benzene rings is 4. The molecule has 0 saturated heterocycles. The fourth-order valence-corrected chi connectivity index (χ4v) is 7.67. The van der Waals surface area contributed by atoms with Crippen LogP contribution in [0.3, 0.4) is 0 Å². The average Bonchev–Trinajstić information content (AvgIpc) is 3.58. The molecule has 0 bridgehead atoms. The first kappa shape index (κ1) is 37.3. The molecule has 52 heavy (non-hydrogen) atoms. The van der Waals surface area contributed by atoms with Crippen molar-refractivity contribution in [3.8, 4) is 34.1 Å². The molecule has 0 N–H and O–H groups in total. The van der Waals surface area contributed by atoms with Gasteiger partial charge in [0.05, 0.1) is 11.4 Å². The number of para-hydroxylation sites is 1. The van der Waals surface area contributed by atoms with Crippen molar-refractivity contribution in [3.63, 3.8) is 0 Å². The zero-order valence-corrected chi connectivity index (χ0v) is 33.5. The van der Waals surface area contributed by atoms with Crippen molar-refractivity contribution in [2.24, 2.45) is 5.92 Å². The zero-order chi connectivity index (χ0) is 36.1. The van der Waals surface area contributed by atoms with Gasteiger partial charge in [0.2, 0.25) is 0 Å². The molecule has 4 aromatic carbocycles. The van der Waals surface area contributed by atoms with Gasteiger partial charge in [-0.25, -0.2) is 4.98 Å². The summed E-state index contributed by atoms with van der Waals surface area (Å²) < 4.78 is 11.0. The van der Waals surface area contributed by atoms with Gasteiger partial charge in [-0.3, -0.25) is 4.68 Å². The first-order chi connectivity index (χ1) is 24.4. The van der Waals surface area contributed by atoms with E-state index in [2.05, 4.69) is 157 Å². The fourth-order valence-electron chi connectivity index (χ4n) is 7.67. The monoisotopic (exact) mass is 778 g/mol. The van der Waals surface area contributed by atoms with Crippen molar-refractivity contribution in [1.82, 2.24) is 19.3 Å². The van der Waals surface area contributed by atoms with Gasteiger partial charge in [-0.2, -0.15) is 11.2 Å². The number of hydrogen-bond acceptors (Lipinski definition) is 3. The molecule has 0 fully saturated rings. The molecule has 0 aliphatic carbocycles. The van der Waals surface area contributed by atoms with Crippen LogP contribution in [-0.4, -0.2) is 19.3 Å². The third-order valence-electron chi connectivity index (χ3n) is 9.78. The molecule has 0 aliphatic heterocycles. The van der Waals surface area contributed by atoms with Crippen LogP contribution in [0.1, 0.15) is 92.6 Å². The Labute approximate surface area is 322 Å². The normalized spacial score (nSPS) is 11.7. The van der Waals surface area contributed by atoms with Crippen LogP contribution in [-0.2, 0) is 26.8 Å². The van der Waals surface area contributed by atoms with Gasteiger partial charge < -0.3 is 9.30 Å². The summed E-state index contributed by atoms with van der Waals surface area (Å²) in [7, 11) is 0. The van der Waals surface area contributed by atoms with Crippen LogP contribution in [0.2, 0.25) is 0 Å². The number of aryl methyl sites for hydroxylation is 4. The summed E-state index contributed by atoms with van der Waals surface area (Å²) >= 11 is 0. The van der Waals surface area contributed by atoms with Crippen molar-refractivity contribution in [2.75, 3.05) is 0 Å². The standard InChI is InChI=1S/C46H48N4O.Pd/c1-27(2)19-34-17-18-47-43(22-34)49-41-14-12-11-13-39(41)40-16-15-37(26-42(40)49)51-38-24-35(28(3)4)23-36(25-38)50-46(29(5)6)45(33(10)48-50)44-31(8)20-30(7)21-32(44)9;/h11-18,20-24,27-29H,19H2,1-10H3;/q-2;+2. The van der Waals surface area contributed by atoms with Crippen molar-refractivity contribution < 1.29 is 25.2 Å². The maximum absolute atomic E-state index is 6.69. The Bertz CT molecular complexity index is 2390. The van der Waals surface area contributed by atoms with Gasteiger partial charge in [0, 0.05) is 28.8 Å². The average molecular weight is 779 g/mol. The van der Waals surface area contributed by atoms with Crippen LogP contribution < -0.4 is 4.74 Å². The maximum atomic E-state index is 6.69. The summed E-state index contributed by atoms with van der Waals surface area (Å²) in [6, 6.07) is 33.0. The second kappa shape index (κ2) is 14.9. The number of aromatic nitrogens is 4. The Morgan fingerprint density at radius 3 is 2.15 bits per heavy atom. The van der Waals surface area contributed by atoms with E-state index in [4.69, 9.17) is 14.8 Å². The van der Waals surface area contributed by atoms with Crippen LogP contribution in [0.15, 0.2) is 79.0 Å². The molecule has 7 rings (SSSR count). The summed E-state index contributed by atoms with van der Waals surface area (Å²) in [6.07, 6.45) is 2.91. The molecule has 0 aliphatic rings. The summed E-state index contributed by atoms with van der Waals surface area (Å²) in [5.41, 5.74) is 13.8. The van der Waals surface area contributed by atoms with Crippen molar-refractivity contribution >= 4 is 21.8 Å². The van der Waals surface area contributed by atoms with Gasteiger partial charge in [-0.1, -0.05) is 83.0 Å². The number of ether oxygens (including phenoxy) is 1. The summed E-state index contributed by atoms with van der Waals surface area (Å²) in [5, 5.41) is 7.45. The van der Waals surface area contributed by atoms with Gasteiger partial charge in [-0.15, -0.1) is 41.3 Å². The second-order valence-electron chi connectivity index (χ2n) is 15.2. The predicted molar refractivity (Wildman–Crippen MR) is 211 cm³/mol. The van der Waals surface area contributed by atoms with E-state index in [1.165, 1.54) is 39.1 Å². The molecule has 0 unspecified atom stereocenters. The van der Waals surface area contributed by atoms with E-state index in [1.54, 1.807) is 0 Å². The zero-order valence-electron chi connectivity index (χ0n) is 32.0. The molecule has 268 valence electrons. The Hall–Kier alpha value is -4.50. The Morgan fingerprint density at radius 2 is 1.46 bits per heavy atom. The quantitative estimate of drug-likeness (QED) is 0.108. The van der Waals surface area contributed by atoms with Crippen molar-refractivity contribution in [1.29, 1.82) is 0 Å². The van der Waals surface area contributed by atoms with Crippen LogP contribution in [0.25, 0.3) is 44.4 Å². The Balaban J connectivity index is 0.00000464. The van der Waals surface area contributed by atoms with Crippen LogP contribution in [0, 0.1) is 45.7 Å². The molecule has 3 aromatic heterocycles. The predicted octanol–water partition coefficient (Wildman–Crippen LogP) is 12.1. The molecular formula is C46H48N4OPd. The molecule has 0 radical (unpaired) electrons. The van der Waals surface area contributed by atoms with Gasteiger partial charge >= 0.3 is 20.4 Å². The minimum Gasteiger partial charge on any atom is -0.509 e. The molecule has 5 nitrogen and oxygen atoms in total. The van der Waals surface area contributed by atoms with E-state index in [9.17, 15) is 0 Å². The SMILES string of the molecule is Cc1cc(C)c(-c2c(C)nn(-c3[c-]c(Oc4[c-]c5c(cc4)c4ccccc4n5-c4cc(CC(C)C)ccn4)cc(C(C)C)c3)c2C(C)C)c(C)c1.[Pd+2]. The molecule has 7 aromatic rings. The van der Waals surface area contributed by atoms with Crippen LogP contribution in [0.5, 0.6) is 11.5 Å². The van der Waals surface area contributed by atoms with Crippen molar-refractivity contribution in [3.05, 3.63) is 130 Å². The number of rotatable bonds is 9. The number of nitrogens with zero attached hydrogens (tertiary/aromatic N) is 4. The summed E-state index contributed by atoms with van der Waals surface area (Å²) in [6.45, 7) is 22.1. The number of pyridine rings is 1. The van der Waals surface area contributed by atoms with Gasteiger partial charge in [0.15, 0.2) is 0 Å². The minimum absolute atomic E-state index is 0. The molecule has 6 heteroatoms. The van der Waals surface area contributed by atoms with E-state index in [1.807, 2.05) is 12.3 Å². The van der Waals surface area contributed by atoms with E-state index in [0.29, 0.717) is 17.4 Å². The van der Waals surface area contributed by atoms with Gasteiger partial charge in [0.1, 0.15) is 5.82 Å². The fraction of sp³-hybridized carbons (Fsp3) is 0.304. The third kappa shape index (κ3) is 7.00. The Kier molecular flexibility index (Phi) is 10.6. The molecule has 0 amide bonds. The molecule has 0 saturated carbocycles. The van der Waals surface area contributed by atoms with Crippen LogP contribution in [0.4, 0.5) is 0 Å². The second-order valence-corrected chi connectivity index (χ2v) is 15.2. The first-order valence-corrected chi connectivity index (χ1v) is 18.2. The Morgan fingerprint density at radius 1 is 0.731 bits per heavy atom. The van der Waals surface area contributed by atoms with E-state index in [-0.39, 0.29) is 32.3 Å². The largest absolute Gasteiger partial charge is 2.00 e. The van der Waals surface area contributed by atoms with Gasteiger partial charge in [0.25, 0.3) is 0 Å². The smallest absolute Gasteiger partial charge is 0.509 e. The molecule has 0 atom stereocenters. The summed E-state index contributed by atoms with van der Waals surface area (Å²) in [5.74, 6) is 3.20. The van der Waals surface area contributed by atoms with Gasteiger partial charge in [-0.05, 0) is 103 Å². The first-order valence-electron chi connectivity index (χ1n) is 18.2. The topological polar surface area (TPSA) is 44.9 Å². The van der Waals surface area contributed by atoms with Crippen molar-refractivity contribution in [2.45, 2.75) is 87.5 Å². The number of fused-ring (bicyclic) bond motifs is 3. The molecule has 3 heterocycles. The summed E-state index contributed by atoms with van der Waals surface area (Å²) in [4.78, 5) is 4.83. The van der Waals surface area contributed by atoms with Crippen LogP contribution >= 0.6 is 0 Å². The number of hydrogen-bond donors (Lipinski definition) is 0.